The van der Waals surface area contributed by atoms with Gasteiger partial charge in [0.2, 0.25) is 29.5 Å². The summed E-state index contributed by atoms with van der Waals surface area (Å²) in [5.41, 5.74) is 10.6. The molecule has 6 rings (SSSR count). The number of urea groups is 1. The number of primary amides is 1. The highest BCUT2D eigenvalue weighted by atomic mass is 16.5. The van der Waals surface area contributed by atoms with Crippen molar-refractivity contribution in [3.8, 4) is 0 Å². The Bertz CT molecular complexity index is 3460. The summed E-state index contributed by atoms with van der Waals surface area (Å²) in [5, 5.41) is 42.0. The van der Waals surface area contributed by atoms with Crippen molar-refractivity contribution in [1.29, 1.82) is 0 Å². The monoisotopic (exact) mass is 1240 g/mol. The molecular weight excluding hydrogens is 1150 g/mol. The Morgan fingerprint density at radius 1 is 0.767 bits per heavy atom. The zero-order valence-electron chi connectivity index (χ0n) is 54.0. The summed E-state index contributed by atoms with van der Waals surface area (Å²) in [5.74, 6) is -3.97. The van der Waals surface area contributed by atoms with E-state index in [2.05, 4.69) is 37.2 Å². The second-order valence-corrected chi connectivity index (χ2v) is 25.4. The van der Waals surface area contributed by atoms with Crippen molar-refractivity contribution in [2.24, 2.45) is 30.0 Å². The molecule has 1 aromatic heterocycles. The number of amides is 8. The molecule has 5 aromatic rings. The predicted octanol–water partition coefficient (Wildman–Crippen LogP) is 8.14. The fraction of sp³-hybridized carbons (Fsp3) is 0.441. The third-order valence-electron chi connectivity index (χ3n) is 16.4. The number of hydrogen-bond donors (Lipinski definition) is 10. The van der Waals surface area contributed by atoms with Crippen LogP contribution >= 0.6 is 0 Å². The van der Waals surface area contributed by atoms with E-state index in [1.807, 2.05) is 138 Å². The van der Waals surface area contributed by atoms with Crippen LogP contribution in [0.2, 0.25) is 0 Å². The number of rotatable bonds is 27. The molecule has 0 bridgehead atoms. The molecule has 484 valence electrons. The SMILES string of the molecule is CN[C@H](C(=O)N[C@H](C(=O)N(C)[C@H](/C=C(\C)C(=O)O)C(C)C)C(C)(C)C)C(C)(C)c1cn(C)c2cc(NC(=O)OCc3ccc(NC(=O)[C@H](CCCNC(N)=O)NC(=O)[C@@H](NC(=O)CCC(O)N4Cc5ccccc5/C=C\c5ccccc54)C(C)C)cc3)ccc12. The van der Waals surface area contributed by atoms with Gasteiger partial charge in [0.1, 0.15) is 31.0 Å². The summed E-state index contributed by atoms with van der Waals surface area (Å²) >= 11 is 0. The van der Waals surface area contributed by atoms with Crippen molar-refractivity contribution in [2.75, 3.05) is 36.2 Å². The quantitative estimate of drug-likeness (QED) is 0.0176. The number of aryl methyl sites for hydroxylation is 1. The first-order valence-electron chi connectivity index (χ1n) is 30.4. The molecule has 1 aliphatic rings. The lowest BCUT2D eigenvalue weighted by molar-refractivity contribution is -0.141. The molecule has 22 nitrogen and oxygen atoms in total. The van der Waals surface area contributed by atoms with Gasteiger partial charge in [0.05, 0.1) is 17.6 Å². The Morgan fingerprint density at radius 2 is 1.41 bits per heavy atom. The first-order chi connectivity index (χ1) is 42.4. The second-order valence-electron chi connectivity index (χ2n) is 25.4. The number of hydrogen-bond acceptors (Lipinski definition) is 12. The first-order valence-corrected chi connectivity index (χ1v) is 30.4. The van der Waals surface area contributed by atoms with Gasteiger partial charge in [-0.1, -0.05) is 141 Å². The van der Waals surface area contributed by atoms with Gasteiger partial charge < -0.3 is 67.0 Å². The van der Waals surface area contributed by atoms with Crippen LogP contribution in [0.3, 0.4) is 0 Å². The van der Waals surface area contributed by atoms with Crippen molar-refractivity contribution in [3.63, 3.8) is 0 Å². The van der Waals surface area contributed by atoms with Crippen LogP contribution in [0.5, 0.6) is 0 Å². The lowest BCUT2D eigenvalue weighted by atomic mass is 9.76. The van der Waals surface area contributed by atoms with E-state index < -0.39 is 94.9 Å². The Balaban J connectivity index is 1.05. The number of aliphatic hydroxyl groups is 1. The fourth-order valence-corrected chi connectivity index (χ4v) is 11.2. The molecule has 0 radical (unpaired) electrons. The number of nitrogens with zero attached hydrogens (tertiary/aromatic N) is 3. The molecule has 11 N–H and O–H groups in total. The number of nitrogens with one attached hydrogen (secondary N) is 7. The molecule has 8 amide bonds. The highest BCUT2D eigenvalue weighted by Crippen LogP contribution is 2.37. The maximum absolute atomic E-state index is 14.4. The highest BCUT2D eigenvalue weighted by molar-refractivity contribution is 5.99. The minimum absolute atomic E-state index is 0.0669. The van der Waals surface area contributed by atoms with Crippen LogP contribution in [0.25, 0.3) is 23.1 Å². The normalized spacial score (nSPS) is 14.9. The molecule has 6 atom stereocenters. The van der Waals surface area contributed by atoms with Gasteiger partial charge >= 0.3 is 18.1 Å². The molecule has 22 heteroatoms. The summed E-state index contributed by atoms with van der Waals surface area (Å²) < 4.78 is 7.49. The first kappa shape index (κ1) is 70.1. The van der Waals surface area contributed by atoms with E-state index in [9.17, 15) is 48.6 Å². The van der Waals surface area contributed by atoms with Crippen LogP contribution in [-0.4, -0.2) is 124 Å². The smallest absolute Gasteiger partial charge is 0.411 e. The van der Waals surface area contributed by atoms with Gasteiger partial charge in [-0.2, -0.15) is 0 Å². The molecule has 1 unspecified atom stereocenters. The van der Waals surface area contributed by atoms with E-state index in [0.717, 1.165) is 38.8 Å². The number of aromatic nitrogens is 1. The van der Waals surface area contributed by atoms with Crippen molar-refractivity contribution < 1.29 is 53.3 Å². The van der Waals surface area contributed by atoms with E-state index in [1.165, 1.54) is 11.8 Å². The number of nitrogens with two attached hydrogens (primary N) is 1. The van der Waals surface area contributed by atoms with Crippen molar-refractivity contribution in [3.05, 3.63) is 137 Å². The Labute approximate surface area is 527 Å². The van der Waals surface area contributed by atoms with E-state index in [1.54, 1.807) is 70.4 Å². The number of likely N-dealkylation sites (N-methyl/N-ethyl adjacent to an activating group) is 2. The van der Waals surface area contributed by atoms with Gasteiger partial charge in [0.15, 0.2) is 0 Å². The van der Waals surface area contributed by atoms with Crippen LogP contribution in [0.15, 0.2) is 109 Å². The van der Waals surface area contributed by atoms with Gasteiger partial charge in [-0.3, -0.25) is 29.3 Å². The number of carbonyl (C=O) groups excluding carboxylic acids is 7. The fourth-order valence-electron chi connectivity index (χ4n) is 11.2. The molecule has 90 heavy (non-hydrogen) atoms. The number of aliphatic carboxylic acids is 1. The number of benzene rings is 4. The molecule has 2 heterocycles. The zero-order chi connectivity index (χ0) is 66.4. The van der Waals surface area contributed by atoms with Gasteiger partial charge in [-0.15, -0.1) is 0 Å². The standard InChI is InChI=1S/C68H91N11O11/c1-40(2)53(35-42(5)64(86)87)78(13)63(85)59(67(6,7)8)76-62(84)58(70-11)68(9,10)50-38-77(12)54-36-48(30-31-49(50)54)73-66(89)90-39-43-24-28-47(29-25-43)72-60(82)51(22-18-34-71-65(69)88)74-61(83)57(41(3)4)75-55(80)32-33-56(81)79-37-46-21-15-14-19-44(46)26-27-45-20-16-17-23-52(45)79/h14-17,19-21,23-31,35-36,38,40-41,51,53,56-59,70,81H,18,22,32-34,37,39H2,1-13H3,(H,72,82)(H,73,89)(H,74,83)(H,75,80)(H,76,84)(H,86,87)(H3,69,71,88)/b27-26-,42-35+/t51-,53+,56?,57-,58+,59+/m0/s1. The predicted molar refractivity (Wildman–Crippen MR) is 351 cm³/mol. The number of carbonyl (C=O) groups is 8. The molecule has 0 saturated carbocycles. The van der Waals surface area contributed by atoms with Crippen LogP contribution < -0.4 is 47.9 Å². The van der Waals surface area contributed by atoms with Crippen LogP contribution in [0.1, 0.15) is 123 Å². The van der Waals surface area contributed by atoms with Crippen LogP contribution in [0.4, 0.5) is 26.7 Å². The number of para-hydroxylation sites is 1. The van der Waals surface area contributed by atoms with E-state index in [4.69, 9.17) is 10.5 Å². The molecule has 0 aliphatic carbocycles. The summed E-state index contributed by atoms with van der Waals surface area (Å²) in [6.07, 6.45) is 6.12. The number of carboxylic acid groups (broad SMARTS) is 1. The van der Waals surface area contributed by atoms with E-state index in [0.29, 0.717) is 23.5 Å². The second kappa shape index (κ2) is 30.9. The topological polar surface area (TPSA) is 308 Å². The minimum Gasteiger partial charge on any atom is -0.478 e. The van der Waals surface area contributed by atoms with Crippen molar-refractivity contribution in [1.82, 2.24) is 36.1 Å². The lowest BCUT2D eigenvalue weighted by Gasteiger charge is -2.39. The molecule has 0 fully saturated rings. The van der Waals surface area contributed by atoms with Gasteiger partial charge in [-0.25, -0.2) is 14.4 Å². The maximum atomic E-state index is 14.4. The minimum atomic E-state index is -1.10. The Hall–Kier alpha value is -9.02. The number of fused-ring (bicyclic) bond motifs is 3. The van der Waals surface area contributed by atoms with Crippen LogP contribution in [-0.2, 0) is 59.1 Å². The van der Waals surface area contributed by atoms with Crippen LogP contribution in [0, 0.1) is 17.3 Å². The molecular formula is C68H91N11O11. The highest BCUT2D eigenvalue weighted by Gasteiger charge is 2.43. The van der Waals surface area contributed by atoms with Gasteiger partial charge in [-0.05, 0) is 102 Å². The summed E-state index contributed by atoms with van der Waals surface area (Å²) in [6, 6.07) is 22.4. The van der Waals surface area contributed by atoms with E-state index >= 15 is 0 Å². The van der Waals surface area contributed by atoms with Gasteiger partial charge in [0.25, 0.3) is 0 Å². The number of aliphatic hydroxyl groups excluding tert-OH is 1. The third kappa shape index (κ3) is 18.3. The largest absolute Gasteiger partial charge is 0.478 e. The number of ether oxygens (including phenoxy) is 1. The zero-order valence-corrected chi connectivity index (χ0v) is 54.0. The summed E-state index contributed by atoms with van der Waals surface area (Å²) in [4.78, 5) is 110. The number of anilines is 3. The van der Waals surface area contributed by atoms with Crippen molar-refractivity contribution >= 4 is 87.7 Å². The Kier molecular flexibility index (Phi) is 24.1. The average molecular weight is 1240 g/mol. The molecule has 0 saturated heterocycles. The number of carboxylic acids is 1. The summed E-state index contributed by atoms with van der Waals surface area (Å²) in [6.45, 7) is 18.7. The Morgan fingerprint density at radius 3 is 2.04 bits per heavy atom. The summed E-state index contributed by atoms with van der Waals surface area (Å²) in [7, 11) is 5.16. The molecule has 4 aromatic carbocycles. The van der Waals surface area contributed by atoms with E-state index in [-0.39, 0.29) is 56.2 Å². The molecule has 0 spiro atoms. The van der Waals surface area contributed by atoms with Gasteiger partial charge in [0, 0.05) is 79.7 Å². The maximum Gasteiger partial charge on any atom is 0.411 e. The van der Waals surface area contributed by atoms with Crippen molar-refractivity contribution in [2.45, 2.75) is 150 Å². The third-order valence-corrected chi connectivity index (χ3v) is 16.4. The molecule has 1 aliphatic heterocycles. The average Bonchev–Trinajstić information content (AvgIpc) is 1.57. The lowest BCUT2D eigenvalue weighted by Crippen LogP contribution is -2.61.